The minimum absolute atomic E-state index is 0.182. The van der Waals surface area contributed by atoms with Gasteiger partial charge in [0.1, 0.15) is 18.2 Å². The normalized spacial score (nSPS) is 11.0. The number of pyridine rings is 1. The van der Waals surface area contributed by atoms with Crippen LogP contribution in [0.3, 0.4) is 0 Å². The Morgan fingerprint density at radius 3 is 2.64 bits per heavy atom. The molecule has 1 N–H and O–H groups in total. The average Bonchev–Trinajstić information content (AvgIpc) is 3.19. The Morgan fingerprint density at radius 2 is 1.93 bits per heavy atom. The molecule has 3 rings (SSSR count). The Kier molecular flexibility index (Phi) is 6.03. The molecule has 0 radical (unpaired) electrons. The molecule has 0 bridgehead atoms. The third-order valence-corrected chi connectivity index (χ3v) is 4.69. The minimum atomic E-state index is -0.347. The van der Waals surface area contributed by atoms with Gasteiger partial charge in [0.2, 0.25) is 0 Å². The first-order valence-corrected chi connectivity index (χ1v) is 9.40. The highest BCUT2D eigenvalue weighted by molar-refractivity contribution is 5.95. The molecule has 0 fully saturated rings. The fourth-order valence-electron chi connectivity index (χ4n) is 3.03. The number of aromatic nitrogens is 4. The molecule has 0 aliphatic rings. The lowest BCUT2D eigenvalue weighted by molar-refractivity contribution is 0.0950. The largest absolute Gasteiger partial charge is 0.352 e. The van der Waals surface area contributed by atoms with E-state index in [1.165, 1.54) is 4.57 Å². The van der Waals surface area contributed by atoms with Crippen LogP contribution in [0.25, 0.3) is 5.69 Å². The van der Waals surface area contributed by atoms with E-state index in [2.05, 4.69) is 29.4 Å². The molecule has 1 aromatic carbocycles. The van der Waals surface area contributed by atoms with Gasteiger partial charge in [0.05, 0.1) is 0 Å². The van der Waals surface area contributed by atoms with E-state index >= 15 is 0 Å². The summed E-state index contributed by atoms with van der Waals surface area (Å²) in [5.74, 6) is 0.00943. The predicted octanol–water partition coefficient (Wildman–Crippen LogP) is 2.68. The second kappa shape index (κ2) is 8.65. The van der Waals surface area contributed by atoms with E-state index in [0.29, 0.717) is 24.6 Å². The van der Waals surface area contributed by atoms with Gasteiger partial charge in [-0.15, -0.1) is 10.2 Å². The van der Waals surface area contributed by atoms with Crippen molar-refractivity contribution >= 4 is 5.91 Å². The molecule has 0 aliphatic carbocycles. The van der Waals surface area contributed by atoms with Crippen molar-refractivity contribution in [2.45, 2.75) is 39.7 Å². The first-order valence-electron chi connectivity index (χ1n) is 9.40. The van der Waals surface area contributed by atoms with Crippen molar-refractivity contribution in [1.82, 2.24) is 24.6 Å². The zero-order valence-corrected chi connectivity index (χ0v) is 16.4. The summed E-state index contributed by atoms with van der Waals surface area (Å²) in [5, 5.41) is 10.3. The van der Waals surface area contributed by atoms with Crippen molar-refractivity contribution in [3.8, 4) is 5.69 Å². The maximum atomic E-state index is 13.0. The minimum Gasteiger partial charge on any atom is -0.352 e. The number of nitrogens with zero attached hydrogens (tertiary/aromatic N) is 4. The molecule has 2 heterocycles. The number of benzene rings is 1. The Morgan fingerprint density at radius 1 is 1.18 bits per heavy atom. The molecule has 0 saturated heterocycles. The van der Waals surface area contributed by atoms with Crippen LogP contribution < -0.4 is 10.9 Å². The smallest absolute Gasteiger partial charge is 0.268 e. The van der Waals surface area contributed by atoms with Crippen molar-refractivity contribution in [2.75, 3.05) is 6.54 Å². The van der Waals surface area contributed by atoms with Gasteiger partial charge in [-0.3, -0.25) is 14.2 Å². The second-order valence-electron chi connectivity index (χ2n) is 7.11. The summed E-state index contributed by atoms with van der Waals surface area (Å²) >= 11 is 0. The van der Waals surface area contributed by atoms with Crippen molar-refractivity contribution in [2.24, 2.45) is 0 Å². The van der Waals surface area contributed by atoms with Gasteiger partial charge in [0.15, 0.2) is 0 Å². The SMILES string of the molecule is Cc1ccn(-c2cccc(C(C)C)c2)c(=O)c1C(=O)NCCCn1cnnc1. The highest BCUT2D eigenvalue weighted by Gasteiger charge is 2.16. The molecule has 0 spiro atoms. The monoisotopic (exact) mass is 379 g/mol. The van der Waals surface area contributed by atoms with E-state index in [-0.39, 0.29) is 17.0 Å². The molecule has 7 nitrogen and oxygen atoms in total. The van der Waals surface area contributed by atoms with E-state index < -0.39 is 0 Å². The number of amides is 1. The molecular formula is C21H25N5O2. The summed E-state index contributed by atoms with van der Waals surface area (Å²) < 4.78 is 3.37. The van der Waals surface area contributed by atoms with E-state index in [9.17, 15) is 9.59 Å². The molecule has 0 aliphatic heterocycles. The average molecular weight is 379 g/mol. The molecule has 146 valence electrons. The van der Waals surface area contributed by atoms with Crippen LogP contribution in [0.15, 0.2) is 54.0 Å². The molecule has 0 unspecified atom stereocenters. The lowest BCUT2D eigenvalue weighted by Gasteiger charge is -2.13. The van der Waals surface area contributed by atoms with Crippen molar-refractivity contribution in [3.63, 3.8) is 0 Å². The van der Waals surface area contributed by atoms with Crippen LogP contribution in [-0.4, -0.2) is 31.8 Å². The third kappa shape index (κ3) is 4.36. The topological polar surface area (TPSA) is 81.8 Å². The van der Waals surface area contributed by atoms with Gasteiger partial charge in [-0.1, -0.05) is 26.0 Å². The van der Waals surface area contributed by atoms with Gasteiger partial charge in [0, 0.05) is 25.0 Å². The number of rotatable bonds is 7. The van der Waals surface area contributed by atoms with Crippen LogP contribution in [0.1, 0.15) is 47.7 Å². The number of carbonyl (C=O) groups excluding carboxylic acids is 1. The predicted molar refractivity (Wildman–Crippen MR) is 108 cm³/mol. The van der Waals surface area contributed by atoms with Gasteiger partial charge < -0.3 is 9.88 Å². The van der Waals surface area contributed by atoms with E-state index in [1.807, 2.05) is 28.8 Å². The van der Waals surface area contributed by atoms with Crippen LogP contribution in [0.2, 0.25) is 0 Å². The van der Waals surface area contributed by atoms with Gasteiger partial charge in [0.25, 0.3) is 11.5 Å². The van der Waals surface area contributed by atoms with E-state index in [1.54, 1.807) is 31.8 Å². The number of nitrogens with one attached hydrogen (secondary N) is 1. The highest BCUT2D eigenvalue weighted by Crippen LogP contribution is 2.17. The molecule has 1 amide bonds. The molecule has 28 heavy (non-hydrogen) atoms. The van der Waals surface area contributed by atoms with Gasteiger partial charge >= 0.3 is 0 Å². The summed E-state index contributed by atoms with van der Waals surface area (Å²) in [6, 6.07) is 9.64. The lowest BCUT2D eigenvalue weighted by atomic mass is 10.0. The van der Waals surface area contributed by atoms with Crippen molar-refractivity contribution in [1.29, 1.82) is 0 Å². The van der Waals surface area contributed by atoms with Crippen LogP contribution >= 0.6 is 0 Å². The Labute approximate surface area is 164 Å². The maximum Gasteiger partial charge on any atom is 0.268 e. The summed E-state index contributed by atoms with van der Waals surface area (Å²) in [6.45, 7) is 7.16. The van der Waals surface area contributed by atoms with Crippen LogP contribution in [0.4, 0.5) is 0 Å². The zero-order chi connectivity index (χ0) is 20.1. The summed E-state index contributed by atoms with van der Waals surface area (Å²) in [7, 11) is 0. The number of carbonyl (C=O) groups is 1. The molecule has 2 aromatic heterocycles. The molecule has 3 aromatic rings. The highest BCUT2D eigenvalue weighted by atomic mass is 16.2. The first kappa shape index (κ1) is 19.5. The standard InChI is InChI=1S/C21H25N5O2/c1-15(2)17-6-4-7-18(12-17)26-11-8-16(3)19(21(26)28)20(27)22-9-5-10-25-13-23-24-14-25/h4,6-8,11-15H,5,9-10H2,1-3H3,(H,22,27). The summed E-state index contributed by atoms with van der Waals surface area (Å²) in [4.78, 5) is 25.7. The number of hydrogen-bond acceptors (Lipinski definition) is 4. The fourth-order valence-corrected chi connectivity index (χ4v) is 3.03. The fraction of sp³-hybridized carbons (Fsp3) is 0.333. The Bertz CT molecular complexity index is 1010. The lowest BCUT2D eigenvalue weighted by Crippen LogP contribution is -2.34. The Balaban J connectivity index is 1.78. The van der Waals surface area contributed by atoms with Crippen molar-refractivity contribution in [3.05, 3.63) is 76.2 Å². The van der Waals surface area contributed by atoms with Crippen LogP contribution in [0.5, 0.6) is 0 Å². The van der Waals surface area contributed by atoms with Crippen LogP contribution in [-0.2, 0) is 6.54 Å². The van der Waals surface area contributed by atoms with E-state index in [0.717, 1.165) is 17.7 Å². The summed E-state index contributed by atoms with van der Waals surface area (Å²) in [5.41, 5.74) is 2.44. The first-order chi connectivity index (χ1) is 13.5. The van der Waals surface area contributed by atoms with Crippen molar-refractivity contribution < 1.29 is 4.79 Å². The van der Waals surface area contributed by atoms with Gasteiger partial charge in [-0.05, 0) is 48.6 Å². The summed E-state index contributed by atoms with van der Waals surface area (Å²) in [6.07, 6.45) is 5.71. The van der Waals surface area contributed by atoms with Gasteiger partial charge in [-0.25, -0.2) is 0 Å². The molecule has 0 atom stereocenters. The zero-order valence-electron chi connectivity index (χ0n) is 16.4. The van der Waals surface area contributed by atoms with Crippen LogP contribution in [0, 0.1) is 6.92 Å². The van der Waals surface area contributed by atoms with Gasteiger partial charge in [-0.2, -0.15) is 0 Å². The maximum absolute atomic E-state index is 13.0. The Hall–Kier alpha value is -3.22. The number of hydrogen-bond donors (Lipinski definition) is 1. The third-order valence-electron chi connectivity index (χ3n) is 4.69. The molecule has 7 heteroatoms. The second-order valence-corrected chi connectivity index (χ2v) is 7.11. The number of aryl methyl sites for hydroxylation is 2. The molecule has 0 saturated carbocycles. The quantitative estimate of drug-likeness (QED) is 0.640. The van der Waals surface area contributed by atoms with E-state index in [4.69, 9.17) is 0 Å². The molecular weight excluding hydrogens is 354 g/mol.